The van der Waals surface area contributed by atoms with E-state index in [2.05, 4.69) is 27.6 Å². The highest BCUT2D eigenvalue weighted by molar-refractivity contribution is 14.1. The molecule has 10 heavy (non-hydrogen) atoms. The van der Waals surface area contributed by atoms with Crippen molar-refractivity contribution in [3.63, 3.8) is 0 Å². The SMILES string of the molecule is CSc1cc(Cl)ncc1I. The Morgan fingerprint density at radius 3 is 2.90 bits per heavy atom. The number of thioether (sulfide) groups is 1. The summed E-state index contributed by atoms with van der Waals surface area (Å²) in [5.41, 5.74) is 0. The summed E-state index contributed by atoms with van der Waals surface area (Å²) >= 11 is 9.58. The summed E-state index contributed by atoms with van der Waals surface area (Å²) in [6.07, 6.45) is 3.79. The Kier molecular flexibility index (Phi) is 3.26. The van der Waals surface area contributed by atoms with Crippen molar-refractivity contribution in [2.24, 2.45) is 0 Å². The Morgan fingerprint density at radius 1 is 1.70 bits per heavy atom. The molecule has 0 amide bonds. The van der Waals surface area contributed by atoms with E-state index in [1.54, 1.807) is 18.0 Å². The Hall–Kier alpha value is 0.520. The van der Waals surface area contributed by atoms with Gasteiger partial charge in [-0.25, -0.2) is 4.98 Å². The van der Waals surface area contributed by atoms with Crippen LogP contribution in [-0.2, 0) is 0 Å². The predicted molar refractivity (Wildman–Crippen MR) is 53.7 cm³/mol. The van der Waals surface area contributed by atoms with Gasteiger partial charge in [0.2, 0.25) is 0 Å². The first kappa shape index (κ1) is 8.62. The molecule has 0 aliphatic rings. The molecule has 0 unspecified atom stereocenters. The highest BCUT2D eigenvalue weighted by Gasteiger charge is 1.98. The van der Waals surface area contributed by atoms with Crippen LogP contribution in [0.25, 0.3) is 0 Å². The van der Waals surface area contributed by atoms with Gasteiger partial charge >= 0.3 is 0 Å². The van der Waals surface area contributed by atoms with E-state index >= 15 is 0 Å². The molecule has 1 nitrogen and oxygen atoms in total. The van der Waals surface area contributed by atoms with Crippen LogP contribution in [0, 0.1) is 3.57 Å². The van der Waals surface area contributed by atoms with E-state index in [0.29, 0.717) is 5.15 Å². The van der Waals surface area contributed by atoms with Gasteiger partial charge in [-0.05, 0) is 34.9 Å². The largest absolute Gasteiger partial charge is 0.243 e. The lowest BCUT2D eigenvalue weighted by atomic mass is 10.5. The molecule has 0 atom stereocenters. The Balaban J connectivity index is 3.09. The second-order valence-electron chi connectivity index (χ2n) is 1.64. The molecule has 1 rings (SSSR count). The monoisotopic (exact) mass is 285 g/mol. The molecule has 4 heteroatoms. The highest BCUT2D eigenvalue weighted by atomic mass is 127. The maximum absolute atomic E-state index is 5.67. The van der Waals surface area contributed by atoms with Gasteiger partial charge < -0.3 is 0 Å². The lowest BCUT2D eigenvalue weighted by Gasteiger charge is -1.98. The van der Waals surface area contributed by atoms with Gasteiger partial charge in [-0.3, -0.25) is 0 Å². The zero-order valence-electron chi connectivity index (χ0n) is 5.27. The van der Waals surface area contributed by atoms with Crippen molar-refractivity contribution in [3.05, 3.63) is 21.0 Å². The first-order valence-corrected chi connectivity index (χ1v) is 5.27. The first-order valence-electron chi connectivity index (χ1n) is 2.59. The van der Waals surface area contributed by atoms with E-state index in [0.717, 1.165) is 3.57 Å². The lowest BCUT2D eigenvalue weighted by Crippen LogP contribution is -1.80. The van der Waals surface area contributed by atoms with Gasteiger partial charge in [0, 0.05) is 14.7 Å². The van der Waals surface area contributed by atoms with Gasteiger partial charge in [0.15, 0.2) is 0 Å². The van der Waals surface area contributed by atoms with E-state index < -0.39 is 0 Å². The molecule has 0 aromatic carbocycles. The number of hydrogen-bond acceptors (Lipinski definition) is 2. The fourth-order valence-electron chi connectivity index (χ4n) is 0.553. The van der Waals surface area contributed by atoms with Crippen LogP contribution in [-0.4, -0.2) is 11.2 Å². The summed E-state index contributed by atoms with van der Waals surface area (Å²) in [6, 6.07) is 1.87. The van der Waals surface area contributed by atoms with Crippen molar-refractivity contribution in [2.45, 2.75) is 4.90 Å². The van der Waals surface area contributed by atoms with Gasteiger partial charge in [0.1, 0.15) is 5.15 Å². The van der Waals surface area contributed by atoms with Crippen molar-refractivity contribution in [2.75, 3.05) is 6.26 Å². The zero-order valence-corrected chi connectivity index (χ0v) is 9.00. The minimum absolute atomic E-state index is 0.560. The number of aromatic nitrogens is 1. The molecule has 0 saturated carbocycles. The summed E-state index contributed by atoms with van der Waals surface area (Å²) in [5.74, 6) is 0. The summed E-state index contributed by atoms with van der Waals surface area (Å²) in [6.45, 7) is 0. The zero-order chi connectivity index (χ0) is 7.56. The van der Waals surface area contributed by atoms with Crippen molar-refractivity contribution in [3.8, 4) is 0 Å². The second-order valence-corrected chi connectivity index (χ2v) is 4.04. The molecule has 0 spiro atoms. The second kappa shape index (κ2) is 3.78. The average molecular weight is 286 g/mol. The van der Waals surface area contributed by atoms with Crippen molar-refractivity contribution < 1.29 is 0 Å². The standard InChI is InChI=1S/C6H5ClINS/c1-10-5-2-6(7)9-3-4(5)8/h2-3H,1H3. The minimum Gasteiger partial charge on any atom is -0.243 e. The average Bonchev–Trinajstić information content (AvgIpc) is 1.94. The molecule has 1 aromatic heterocycles. The van der Waals surface area contributed by atoms with E-state index in [1.165, 1.54) is 4.90 Å². The van der Waals surface area contributed by atoms with Gasteiger partial charge in [-0.2, -0.15) is 0 Å². The maximum Gasteiger partial charge on any atom is 0.130 e. The first-order chi connectivity index (χ1) is 4.74. The molecule has 1 heterocycles. The number of hydrogen-bond donors (Lipinski definition) is 0. The Bertz CT molecular complexity index is 241. The van der Waals surface area contributed by atoms with Crippen LogP contribution < -0.4 is 0 Å². The normalized spacial score (nSPS) is 9.90. The molecule has 0 N–H and O–H groups in total. The molecule has 0 aliphatic heterocycles. The predicted octanol–water partition coefficient (Wildman–Crippen LogP) is 3.06. The number of rotatable bonds is 1. The molecule has 54 valence electrons. The van der Waals surface area contributed by atoms with Gasteiger partial charge in [0.05, 0.1) is 0 Å². The Morgan fingerprint density at radius 2 is 2.40 bits per heavy atom. The molecular weight excluding hydrogens is 280 g/mol. The minimum atomic E-state index is 0.560. The van der Waals surface area contributed by atoms with Crippen LogP contribution in [0.4, 0.5) is 0 Å². The van der Waals surface area contributed by atoms with E-state index in [4.69, 9.17) is 11.6 Å². The number of halogens is 2. The van der Waals surface area contributed by atoms with Crippen LogP contribution in [0.5, 0.6) is 0 Å². The summed E-state index contributed by atoms with van der Waals surface area (Å²) < 4.78 is 1.15. The summed E-state index contributed by atoms with van der Waals surface area (Å²) in [7, 11) is 0. The van der Waals surface area contributed by atoms with Crippen molar-refractivity contribution >= 4 is 46.0 Å². The van der Waals surface area contributed by atoms with Gasteiger partial charge in [-0.1, -0.05) is 11.6 Å². The van der Waals surface area contributed by atoms with Crippen molar-refractivity contribution in [1.82, 2.24) is 4.98 Å². The molecule has 0 aliphatic carbocycles. The van der Waals surface area contributed by atoms with Crippen LogP contribution in [0.1, 0.15) is 0 Å². The maximum atomic E-state index is 5.67. The lowest BCUT2D eigenvalue weighted by molar-refractivity contribution is 1.23. The summed E-state index contributed by atoms with van der Waals surface area (Å²) in [5, 5.41) is 0.560. The molecule has 0 saturated heterocycles. The number of pyridine rings is 1. The fourth-order valence-corrected chi connectivity index (χ4v) is 2.21. The van der Waals surface area contributed by atoms with Crippen LogP contribution >= 0.6 is 46.0 Å². The van der Waals surface area contributed by atoms with E-state index in [-0.39, 0.29) is 0 Å². The topological polar surface area (TPSA) is 12.9 Å². The van der Waals surface area contributed by atoms with Crippen LogP contribution in [0.3, 0.4) is 0 Å². The summed E-state index contributed by atoms with van der Waals surface area (Å²) in [4.78, 5) is 5.11. The fraction of sp³-hybridized carbons (Fsp3) is 0.167. The quantitative estimate of drug-likeness (QED) is 0.447. The van der Waals surface area contributed by atoms with E-state index in [1.807, 2.05) is 12.3 Å². The van der Waals surface area contributed by atoms with Crippen molar-refractivity contribution in [1.29, 1.82) is 0 Å². The Labute approximate surface area is 82.7 Å². The third-order valence-corrected chi connectivity index (χ3v) is 3.22. The van der Waals surface area contributed by atoms with E-state index in [9.17, 15) is 0 Å². The van der Waals surface area contributed by atoms with Crippen LogP contribution in [0.2, 0.25) is 5.15 Å². The smallest absolute Gasteiger partial charge is 0.130 e. The van der Waals surface area contributed by atoms with Gasteiger partial charge in [-0.15, -0.1) is 11.8 Å². The number of nitrogens with zero attached hydrogens (tertiary/aromatic N) is 1. The third kappa shape index (κ3) is 2.00. The van der Waals surface area contributed by atoms with Gasteiger partial charge in [0.25, 0.3) is 0 Å². The highest BCUT2D eigenvalue weighted by Crippen LogP contribution is 2.23. The molecule has 0 fully saturated rings. The third-order valence-electron chi connectivity index (χ3n) is 1.01. The molecule has 1 aromatic rings. The molecule has 0 bridgehead atoms. The van der Waals surface area contributed by atoms with Crippen LogP contribution in [0.15, 0.2) is 17.2 Å². The molecular formula is C6H5ClINS. The molecule has 0 radical (unpaired) electrons.